The minimum Gasteiger partial charge on any atom is -0.496 e. The summed E-state index contributed by atoms with van der Waals surface area (Å²) in [6.07, 6.45) is 27.0. The Morgan fingerprint density at radius 1 is 0.396 bits per heavy atom. The number of alkyl halides is 14. The Morgan fingerprint density at radius 2 is 0.687 bits per heavy atom. The van der Waals surface area contributed by atoms with Crippen molar-refractivity contribution >= 4 is 91.0 Å². The molecule has 8 aliphatic carbocycles. The van der Waals surface area contributed by atoms with Crippen LogP contribution in [0.2, 0.25) is 0 Å². The fraction of sp³-hybridized carbons (Fsp3) is 0.693. The molecular weight excluding hydrogens is 1860 g/mol. The van der Waals surface area contributed by atoms with Crippen LogP contribution in [0.5, 0.6) is 17.2 Å². The van der Waals surface area contributed by atoms with E-state index in [1.165, 1.54) is 130 Å². The fourth-order valence-electron chi connectivity index (χ4n) is 21.7. The number of esters is 1. The van der Waals surface area contributed by atoms with Gasteiger partial charge in [0.25, 0.3) is 26.0 Å². The molecule has 8 saturated carbocycles. The molecule has 4 atom stereocenters. The highest BCUT2D eigenvalue weighted by Crippen LogP contribution is 2.61. The van der Waals surface area contributed by atoms with Crippen LogP contribution in [-0.2, 0) is 76.5 Å². The Balaban J connectivity index is 0.000000180. The lowest BCUT2D eigenvalue weighted by Crippen LogP contribution is -2.61. The van der Waals surface area contributed by atoms with Gasteiger partial charge in [-0.2, -0.15) is 61.3 Å². The van der Waals surface area contributed by atoms with Crippen molar-refractivity contribution in [2.75, 3.05) is 127 Å². The molecule has 4 bridgehead atoms. The summed E-state index contributed by atoms with van der Waals surface area (Å²) >= 11 is 0. The largest absolute Gasteiger partial charge is 0.496 e. The molecule has 5 aliphatic heterocycles. The maximum absolute atomic E-state index is 13.8. The predicted molar refractivity (Wildman–Crippen MR) is 512 cm³/mol. The number of halogens is 14. The zero-order valence-corrected chi connectivity index (χ0v) is 79.1. The number of hydrogen-bond acceptors (Lipinski definition) is 12. The van der Waals surface area contributed by atoms with Crippen molar-refractivity contribution < 1.29 is 116 Å². The Kier molecular flexibility index (Phi) is 40.6. The van der Waals surface area contributed by atoms with Crippen molar-refractivity contribution in [3.05, 3.63) is 109 Å². The lowest BCUT2D eigenvalue weighted by molar-refractivity contribution is -0.272. The number of sulfonamides is 2. The lowest BCUT2D eigenvalue weighted by Gasteiger charge is -2.55. The Bertz CT molecular complexity index is 4670. The van der Waals surface area contributed by atoms with Crippen molar-refractivity contribution in [2.45, 2.75) is 272 Å². The summed E-state index contributed by atoms with van der Waals surface area (Å²) in [5.41, 5.74) is -0.417. The van der Waals surface area contributed by atoms with Gasteiger partial charge in [-0.3, -0.25) is 4.79 Å². The van der Waals surface area contributed by atoms with Gasteiger partial charge in [0.15, 0.2) is 21.3 Å². The second-order valence-corrected chi connectivity index (χ2v) is 48.6. The van der Waals surface area contributed by atoms with Crippen molar-refractivity contribution in [3.63, 3.8) is 0 Å². The normalized spacial score (nSPS) is 25.0. The first-order chi connectivity index (χ1) is 61.7. The van der Waals surface area contributed by atoms with E-state index in [4.69, 9.17) is 33.2 Å². The van der Waals surface area contributed by atoms with Crippen molar-refractivity contribution in [1.82, 2.24) is 8.61 Å². The molecule has 4 unspecified atom stereocenters. The third kappa shape index (κ3) is 26.4. The topological polar surface area (TPSA) is 156 Å². The molecule has 14 nitrogen and oxygen atoms in total. The number of ether oxygens (including phenoxy) is 7. The summed E-state index contributed by atoms with van der Waals surface area (Å²) < 4.78 is 274. The molecule has 134 heavy (non-hydrogen) atoms. The van der Waals surface area contributed by atoms with E-state index in [0.717, 1.165) is 181 Å². The van der Waals surface area contributed by atoms with E-state index >= 15 is 0 Å². The van der Waals surface area contributed by atoms with Crippen LogP contribution in [0.1, 0.15) is 217 Å². The number of hydrogen-bond donors (Lipinski definition) is 0. The minimum absolute atomic E-state index is 0. The average molecular weight is 2010 g/mol. The molecule has 6 aromatic carbocycles. The number of fused-ring (bicyclic) bond motifs is 5. The predicted octanol–water partition coefficient (Wildman–Crippen LogP) is 25.8. The maximum atomic E-state index is 13.8. The van der Waals surface area contributed by atoms with Gasteiger partial charge in [-0.05, 0) is 198 Å². The summed E-state index contributed by atoms with van der Waals surface area (Å²) in [4.78, 5) is 16.7. The summed E-state index contributed by atoms with van der Waals surface area (Å²) in [5, 5.41) is -3.85. The second kappa shape index (κ2) is 48.5. The van der Waals surface area contributed by atoms with E-state index in [9.17, 15) is 83.1 Å². The highest BCUT2D eigenvalue weighted by Gasteiger charge is 2.78. The number of nitrogens with zero attached hydrogens (tertiary/aromatic N) is 2. The van der Waals surface area contributed by atoms with Crippen LogP contribution in [0.4, 0.5) is 61.5 Å². The molecule has 756 valence electrons. The minimum atomic E-state index is -5.98. The van der Waals surface area contributed by atoms with Crippen LogP contribution >= 0.6 is 0 Å². The molecule has 19 rings (SSSR count). The Morgan fingerprint density at radius 3 is 0.993 bits per heavy atom. The molecule has 0 amide bonds. The van der Waals surface area contributed by atoms with Gasteiger partial charge in [0, 0.05) is 112 Å². The van der Waals surface area contributed by atoms with E-state index in [0.29, 0.717) is 63.3 Å². The molecule has 13 fully saturated rings. The lowest BCUT2D eigenvalue weighted by atomic mass is 9.49. The van der Waals surface area contributed by atoms with E-state index in [2.05, 4.69) is 109 Å². The smallest absolute Gasteiger partial charge is 0.427 e. The van der Waals surface area contributed by atoms with E-state index < -0.39 is 86.0 Å². The molecule has 0 spiro atoms. The van der Waals surface area contributed by atoms with Gasteiger partial charge in [-0.1, -0.05) is 161 Å². The first kappa shape index (κ1) is 112. The second-order valence-electron chi connectivity index (χ2n) is 37.9. The van der Waals surface area contributed by atoms with Gasteiger partial charge in [0.05, 0.1) is 65.4 Å². The molecule has 5 heterocycles. The number of benzene rings is 6. The molecule has 13 aliphatic rings. The third-order valence-electron chi connectivity index (χ3n) is 28.5. The first-order valence-electron chi connectivity index (χ1n) is 46.7. The standard InChI is InChI=1S/2C21H27O2S.C15H17O2S.C14H20F2O2.2C13H19F6NO2S.4CH4/c2*1-2-6-17(7-3-1)16-23-20-10-11-21(24-14-12-22-13-15-24)19-9-5-4-8-18(19)20;1-16-14-6-7-15(18-10-8-17-9-11-18)13-5-3-2-4-12(13)14;1-13(15,16)8-18-12(17)14-5-9-2-10(6-14)4-11(3-9)7-14;2*1-11(14,15)12(16,17)13(18,19)23(21,22)20-7-6-9-4-2-3-5-10(9)8-20;;;;/h2*4-5,8-11,17H,1-3,6-7,12-16H2;2-7H,8-11H2,1H3;9-11H,2-8H2,1H3;2*9-10H,2-8H2,1H3;4*1H4/q3*+1;;;;;;;. The highest BCUT2D eigenvalue weighted by atomic mass is 32.2. The van der Waals surface area contributed by atoms with Gasteiger partial charge in [0.2, 0.25) is 0 Å². The van der Waals surface area contributed by atoms with Crippen molar-refractivity contribution in [1.29, 1.82) is 0 Å². The van der Waals surface area contributed by atoms with E-state index in [-0.39, 0.29) is 107 Å². The van der Waals surface area contributed by atoms with Crippen LogP contribution in [-0.4, -0.2) is 199 Å². The van der Waals surface area contributed by atoms with Crippen LogP contribution in [0, 0.1) is 58.7 Å². The van der Waals surface area contributed by atoms with Crippen LogP contribution in [0.25, 0.3) is 32.3 Å². The third-order valence-corrected chi connectivity index (χ3v) is 39.2. The Labute approximate surface area is 795 Å². The van der Waals surface area contributed by atoms with Crippen LogP contribution in [0.15, 0.2) is 124 Å². The van der Waals surface area contributed by atoms with Gasteiger partial charge >= 0.3 is 40.2 Å². The monoisotopic (exact) mass is 2000 g/mol. The van der Waals surface area contributed by atoms with Gasteiger partial charge in [0.1, 0.15) is 51.8 Å². The molecular formula is C101H145F14N2O12S5+3. The summed E-state index contributed by atoms with van der Waals surface area (Å²) in [6.45, 7) is 5.03. The molecule has 5 saturated heterocycles. The quantitative estimate of drug-likeness (QED) is 0.0382. The average Bonchev–Trinajstić information content (AvgIpc) is 0.738. The first-order valence-corrected chi connectivity index (χ1v) is 54.2. The van der Waals surface area contributed by atoms with Crippen molar-refractivity contribution in [2.24, 2.45) is 58.7 Å². The van der Waals surface area contributed by atoms with Gasteiger partial charge in [-0.15, -0.1) is 0 Å². The zero-order chi connectivity index (χ0) is 93.1. The Hall–Kier alpha value is -5.26. The maximum Gasteiger partial charge on any atom is 0.427 e. The zero-order valence-electron chi connectivity index (χ0n) is 75.0. The number of piperidine rings is 2. The van der Waals surface area contributed by atoms with Crippen LogP contribution < -0.4 is 14.2 Å². The van der Waals surface area contributed by atoms with Gasteiger partial charge in [-0.25, -0.2) is 25.6 Å². The number of rotatable bonds is 21. The van der Waals surface area contributed by atoms with E-state index in [1.807, 2.05) is 0 Å². The summed E-state index contributed by atoms with van der Waals surface area (Å²) in [7, 11) is -9.06. The SMILES string of the molecule is C.C.C.C.CC(F)(F)C(F)(F)C(F)(F)S(=O)(=O)N1CCC2CCCCC2C1.CC(F)(F)C(F)(F)C(F)(F)S(=O)(=O)N1CCC2CCCCC2C1.CC(F)(F)COC(=O)C12CC3CC(CC(C3)C1)C2.COc1ccc([S+]2CCOCC2)c2ccccc12.c1ccc2c([S+]3CCOCC3)ccc(OCC3CCCCC3)c2c1.c1ccc2c([S+]3CCOCC3)ccc(OCC3CCCCC3)c2c1. The summed E-state index contributed by atoms with van der Waals surface area (Å²) in [5.74, 6) is -12.2. The fourth-order valence-corrected chi connectivity index (χ4v) is 30.9. The molecule has 0 aromatic heterocycles. The number of carbonyl (C=O) groups is 1. The molecule has 0 N–H and O–H groups in total. The van der Waals surface area contributed by atoms with E-state index in [1.54, 1.807) is 7.11 Å². The van der Waals surface area contributed by atoms with Crippen molar-refractivity contribution in [3.8, 4) is 17.2 Å². The number of carbonyl (C=O) groups excluding carboxylic acids is 1. The number of methoxy groups -OCH3 is 1. The highest BCUT2D eigenvalue weighted by molar-refractivity contribution is 7.97. The molecule has 33 heteroatoms. The molecule has 6 aromatic rings. The van der Waals surface area contributed by atoms with Gasteiger partial charge < -0.3 is 33.2 Å². The summed E-state index contributed by atoms with van der Waals surface area (Å²) in [6, 6.07) is 39.4. The van der Waals surface area contributed by atoms with Crippen LogP contribution in [0.3, 0.4) is 0 Å². The molecule has 0 radical (unpaired) electrons.